The summed E-state index contributed by atoms with van der Waals surface area (Å²) in [6.45, 7) is 13.4. The molecule has 0 aromatic rings. The highest BCUT2D eigenvalue weighted by molar-refractivity contribution is 5.88. The van der Waals surface area contributed by atoms with E-state index in [0.717, 1.165) is 6.42 Å². The first-order chi connectivity index (χ1) is 18.9. The third kappa shape index (κ3) is 8.44. The van der Waals surface area contributed by atoms with E-state index in [1.54, 1.807) is 34.6 Å². The van der Waals surface area contributed by atoms with Crippen LogP contribution in [0.2, 0.25) is 0 Å². The minimum absolute atomic E-state index is 0.0596. The van der Waals surface area contributed by atoms with E-state index in [1.807, 2.05) is 0 Å². The van der Waals surface area contributed by atoms with Gasteiger partial charge in [0.05, 0.1) is 18.6 Å². The van der Waals surface area contributed by atoms with Crippen LogP contribution in [0.1, 0.15) is 92.9 Å². The molecular formula is C30H44O11. The number of ether oxygens (including phenoxy) is 7. The van der Waals surface area contributed by atoms with E-state index in [2.05, 4.69) is 6.58 Å². The molecule has 1 heterocycles. The fourth-order valence-corrected chi connectivity index (χ4v) is 7.24. The summed E-state index contributed by atoms with van der Waals surface area (Å²) in [6, 6.07) is 0. The Morgan fingerprint density at radius 3 is 2.02 bits per heavy atom. The van der Waals surface area contributed by atoms with Crippen molar-refractivity contribution in [3.63, 3.8) is 0 Å². The van der Waals surface area contributed by atoms with Crippen molar-refractivity contribution in [3.05, 3.63) is 12.2 Å². The molecule has 230 valence electrons. The first-order valence-corrected chi connectivity index (χ1v) is 14.4. The molecule has 4 saturated carbocycles. The molecule has 4 atom stereocenters. The van der Waals surface area contributed by atoms with Crippen LogP contribution >= 0.6 is 0 Å². The highest BCUT2D eigenvalue weighted by atomic mass is 16.8. The Balaban J connectivity index is 1.31. The van der Waals surface area contributed by atoms with Crippen molar-refractivity contribution in [3.8, 4) is 0 Å². The maximum absolute atomic E-state index is 12.9. The molecule has 0 radical (unpaired) electrons. The molecule has 5 fully saturated rings. The molecule has 0 N–H and O–H groups in total. The molecule has 5 rings (SSSR count). The third-order valence-electron chi connectivity index (χ3n) is 7.88. The summed E-state index contributed by atoms with van der Waals surface area (Å²) in [5.74, 6) is -2.11. The van der Waals surface area contributed by atoms with Crippen LogP contribution in [0.4, 0.5) is 4.79 Å². The Hall–Kier alpha value is -2.66. The highest BCUT2D eigenvalue weighted by Crippen LogP contribution is 2.60. The fraction of sp³-hybridized carbons (Fsp3) is 0.800. The van der Waals surface area contributed by atoms with Crippen molar-refractivity contribution >= 4 is 24.1 Å². The van der Waals surface area contributed by atoms with Gasteiger partial charge >= 0.3 is 24.1 Å². The second-order valence-electron chi connectivity index (χ2n) is 13.7. The van der Waals surface area contributed by atoms with Crippen LogP contribution in [-0.2, 0) is 47.5 Å². The predicted molar refractivity (Wildman–Crippen MR) is 143 cm³/mol. The Kier molecular flexibility index (Phi) is 8.81. The SMILES string of the molecule is C=C(C)C(=O)OCC(=O)OC12CC3CC(C1)CC(OC(=O)OCC1CC(CC(=O)OC(C)(C)C)OC(C)(C)O1)(C3)C2. The number of carbonyl (C=O) groups excluding carboxylic acids is 4. The quantitative estimate of drug-likeness (QED) is 0.216. The van der Waals surface area contributed by atoms with Crippen LogP contribution in [0.25, 0.3) is 0 Å². The lowest BCUT2D eigenvalue weighted by molar-refractivity contribution is -0.305. The number of hydrogen-bond acceptors (Lipinski definition) is 11. The molecule has 5 aliphatic rings. The molecule has 0 aromatic heterocycles. The van der Waals surface area contributed by atoms with Crippen molar-refractivity contribution in [2.75, 3.05) is 13.2 Å². The van der Waals surface area contributed by atoms with Gasteiger partial charge in [-0.15, -0.1) is 0 Å². The molecule has 11 nitrogen and oxygen atoms in total. The van der Waals surface area contributed by atoms with Crippen LogP contribution in [-0.4, -0.2) is 72.1 Å². The Morgan fingerprint density at radius 1 is 0.854 bits per heavy atom. The van der Waals surface area contributed by atoms with Gasteiger partial charge in [0, 0.05) is 18.4 Å². The molecule has 41 heavy (non-hydrogen) atoms. The van der Waals surface area contributed by atoms with E-state index in [1.165, 1.54) is 6.92 Å². The molecule has 0 spiro atoms. The van der Waals surface area contributed by atoms with Crippen LogP contribution in [0.5, 0.6) is 0 Å². The average Bonchev–Trinajstić information content (AvgIpc) is 2.77. The number of esters is 3. The standard InChI is InChI=1S/C30H44O11/c1-18(2)25(33)35-16-24(32)40-29-11-19-8-20(12-29)14-30(13-19,17-29)41-26(34)36-15-22-9-21(37-28(6,7)38-22)10-23(31)39-27(3,4)5/h19-22H,1,8-17H2,2-7H3. The molecule has 1 aliphatic heterocycles. The molecule has 0 aromatic carbocycles. The van der Waals surface area contributed by atoms with Crippen molar-refractivity contribution in [1.82, 2.24) is 0 Å². The van der Waals surface area contributed by atoms with E-state index in [0.29, 0.717) is 38.5 Å². The topological polar surface area (TPSA) is 133 Å². The molecule has 0 amide bonds. The Bertz CT molecular complexity index is 1040. The summed E-state index contributed by atoms with van der Waals surface area (Å²) in [6.07, 6.45) is 2.76. The van der Waals surface area contributed by atoms with E-state index < -0.39 is 59.5 Å². The van der Waals surface area contributed by atoms with Gasteiger partial charge in [-0.05, 0) is 85.5 Å². The lowest BCUT2D eigenvalue weighted by Gasteiger charge is -2.59. The van der Waals surface area contributed by atoms with Crippen LogP contribution < -0.4 is 0 Å². The summed E-state index contributed by atoms with van der Waals surface area (Å²) in [4.78, 5) is 49.5. The average molecular weight is 581 g/mol. The smallest absolute Gasteiger partial charge is 0.460 e. The molecule has 4 unspecified atom stereocenters. The van der Waals surface area contributed by atoms with Gasteiger partial charge in [-0.3, -0.25) is 4.79 Å². The largest absolute Gasteiger partial charge is 0.508 e. The van der Waals surface area contributed by atoms with Gasteiger partial charge in [0.25, 0.3) is 0 Å². The molecular weight excluding hydrogens is 536 g/mol. The maximum atomic E-state index is 12.9. The zero-order chi connectivity index (χ0) is 30.2. The molecule has 11 heteroatoms. The van der Waals surface area contributed by atoms with E-state index in [9.17, 15) is 19.2 Å². The monoisotopic (exact) mass is 580 g/mol. The van der Waals surface area contributed by atoms with Crippen molar-refractivity contribution in [2.24, 2.45) is 11.8 Å². The second kappa shape index (κ2) is 11.6. The first kappa shape index (κ1) is 31.3. The van der Waals surface area contributed by atoms with Gasteiger partial charge in [0.1, 0.15) is 23.4 Å². The van der Waals surface area contributed by atoms with E-state index >= 15 is 0 Å². The van der Waals surface area contributed by atoms with Crippen molar-refractivity contribution in [1.29, 1.82) is 0 Å². The minimum Gasteiger partial charge on any atom is -0.460 e. The summed E-state index contributed by atoms with van der Waals surface area (Å²) in [5.41, 5.74) is -1.95. The fourth-order valence-electron chi connectivity index (χ4n) is 7.24. The number of hydrogen-bond donors (Lipinski definition) is 0. The molecule has 4 aliphatic carbocycles. The lowest BCUT2D eigenvalue weighted by atomic mass is 9.52. The van der Waals surface area contributed by atoms with Crippen LogP contribution in [0.3, 0.4) is 0 Å². The normalized spacial score (nSPS) is 33.4. The summed E-state index contributed by atoms with van der Waals surface area (Å²) >= 11 is 0. The summed E-state index contributed by atoms with van der Waals surface area (Å²) in [7, 11) is 0. The first-order valence-electron chi connectivity index (χ1n) is 14.4. The zero-order valence-corrected chi connectivity index (χ0v) is 25.1. The van der Waals surface area contributed by atoms with Crippen LogP contribution in [0, 0.1) is 11.8 Å². The Labute approximate surface area is 241 Å². The third-order valence-corrected chi connectivity index (χ3v) is 7.88. The van der Waals surface area contributed by atoms with Gasteiger partial charge in [-0.2, -0.15) is 0 Å². The second-order valence-corrected chi connectivity index (χ2v) is 13.7. The summed E-state index contributed by atoms with van der Waals surface area (Å²) in [5, 5.41) is 0. The lowest BCUT2D eigenvalue weighted by Crippen LogP contribution is -2.62. The van der Waals surface area contributed by atoms with Gasteiger partial charge in [-0.25, -0.2) is 14.4 Å². The van der Waals surface area contributed by atoms with Crippen LogP contribution in [0.15, 0.2) is 12.2 Å². The summed E-state index contributed by atoms with van der Waals surface area (Å²) < 4.78 is 39.6. The number of carbonyl (C=O) groups is 4. The van der Waals surface area contributed by atoms with Gasteiger partial charge in [0.2, 0.25) is 0 Å². The van der Waals surface area contributed by atoms with E-state index in [-0.39, 0.29) is 36.4 Å². The number of rotatable bonds is 9. The molecule has 4 bridgehead atoms. The van der Waals surface area contributed by atoms with Gasteiger partial charge in [-0.1, -0.05) is 6.58 Å². The minimum atomic E-state index is -0.974. The van der Waals surface area contributed by atoms with Gasteiger partial charge < -0.3 is 33.2 Å². The maximum Gasteiger partial charge on any atom is 0.508 e. The van der Waals surface area contributed by atoms with E-state index in [4.69, 9.17) is 33.2 Å². The van der Waals surface area contributed by atoms with Crippen molar-refractivity contribution < 1.29 is 52.3 Å². The van der Waals surface area contributed by atoms with Crippen molar-refractivity contribution in [2.45, 2.75) is 128 Å². The zero-order valence-electron chi connectivity index (χ0n) is 25.1. The molecule has 1 saturated heterocycles. The van der Waals surface area contributed by atoms with Gasteiger partial charge in [0.15, 0.2) is 12.4 Å². The predicted octanol–water partition coefficient (Wildman–Crippen LogP) is 4.54. The Morgan fingerprint density at radius 2 is 1.44 bits per heavy atom. The highest BCUT2D eigenvalue weighted by Gasteiger charge is 2.61.